The Kier molecular flexibility index (Phi) is 3.47. The number of hydrogen-bond acceptors (Lipinski definition) is 1. The third-order valence-electron chi connectivity index (χ3n) is 1.33. The van der Waals surface area contributed by atoms with Gasteiger partial charge >= 0.3 is 6.36 Å². The van der Waals surface area contributed by atoms with Crippen molar-refractivity contribution in [2.24, 2.45) is 0 Å². The Balaban J connectivity index is 3.23. The number of hydrogen-bond donors (Lipinski definition) is 0. The van der Waals surface area contributed by atoms with E-state index in [0.717, 1.165) is 6.07 Å². The van der Waals surface area contributed by atoms with Crippen molar-refractivity contribution in [2.45, 2.75) is 6.36 Å². The predicted octanol–water partition coefficient (Wildman–Crippen LogP) is 4.55. The molecule has 0 N–H and O–H groups in total. The molecule has 0 spiro atoms. The summed E-state index contributed by atoms with van der Waals surface area (Å²) in [6.45, 7) is 6.68. The highest BCUT2D eigenvalue weighted by molar-refractivity contribution is 9.10. The average molecular weight is 300 g/mol. The molecule has 0 aliphatic heterocycles. The highest BCUT2D eigenvalue weighted by Gasteiger charge is 2.32. The summed E-state index contributed by atoms with van der Waals surface area (Å²) in [5, 5.41) is -0.0985. The van der Waals surface area contributed by atoms with Crippen LogP contribution in [0.25, 0.3) is 4.85 Å². The van der Waals surface area contributed by atoms with Crippen molar-refractivity contribution in [2.75, 3.05) is 0 Å². The van der Waals surface area contributed by atoms with Gasteiger partial charge in [-0.05, 0) is 12.1 Å². The fourth-order valence-corrected chi connectivity index (χ4v) is 1.67. The van der Waals surface area contributed by atoms with Crippen LogP contribution >= 0.6 is 27.5 Å². The largest absolute Gasteiger partial charge is 0.571 e. The fraction of sp³-hybridized carbons (Fsp3) is 0.125. The summed E-state index contributed by atoms with van der Waals surface area (Å²) in [5.41, 5.74) is -0.364. The van der Waals surface area contributed by atoms with Gasteiger partial charge in [-0.25, -0.2) is 4.85 Å². The number of ether oxygens (including phenoxy) is 1. The summed E-state index contributed by atoms with van der Waals surface area (Å²) in [6.07, 6.45) is -4.84. The van der Waals surface area contributed by atoms with Gasteiger partial charge in [-0.15, -0.1) is 13.2 Å². The van der Waals surface area contributed by atoms with Crippen molar-refractivity contribution in [3.05, 3.63) is 33.0 Å². The van der Waals surface area contributed by atoms with Gasteiger partial charge in [0.25, 0.3) is 0 Å². The second-order valence-electron chi connectivity index (χ2n) is 2.39. The second kappa shape index (κ2) is 4.29. The molecule has 0 fully saturated rings. The van der Waals surface area contributed by atoms with Crippen LogP contribution in [0.4, 0.5) is 18.9 Å². The van der Waals surface area contributed by atoms with Crippen molar-refractivity contribution < 1.29 is 17.9 Å². The molecule has 1 aromatic carbocycles. The van der Waals surface area contributed by atoms with Gasteiger partial charge in [0.1, 0.15) is 5.75 Å². The molecule has 7 heteroatoms. The molecule has 0 unspecified atom stereocenters. The summed E-state index contributed by atoms with van der Waals surface area (Å²) in [4.78, 5) is 2.87. The molecule has 0 bridgehead atoms. The molecule has 2 nitrogen and oxygen atoms in total. The minimum Gasteiger partial charge on any atom is -0.417 e. The monoisotopic (exact) mass is 299 g/mol. The number of benzene rings is 1. The van der Waals surface area contributed by atoms with E-state index in [-0.39, 0.29) is 10.7 Å². The normalized spacial score (nSPS) is 10.9. The van der Waals surface area contributed by atoms with Crippen LogP contribution in [0.15, 0.2) is 16.6 Å². The zero-order valence-electron chi connectivity index (χ0n) is 6.90. The van der Waals surface area contributed by atoms with Crippen molar-refractivity contribution in [1.29, 1.82) is 0 Å². The summed E-state index contributed by atoms with van der Waals surface area (Å²) >= 11 is 8.52. The average Bonchev–Trinajstić information content (AvgIpc) is 1.99. The van der Waals surface area contributed by atoms with E-state index in [9.17, 15) is 13.2 Å². The van der Waals surface area contributed by atoms with Crippen molar-refractivity contribution in [1.82, 2.24) is 0 Å². The van der Waals surface area contributed by atoms with E-state index in [0.29, 0.717) is 4.47 Å². The van der Waals surface area contributed by atoms with Gasteiger partial charge < -0.3 is 4.74 Å². The Morgan fingerprint density at radius 3 is 2.47 bits per heavy atom. The second-order valence-corrected chi connectivity index (χ2v) is 3.72. The van der Waals surface area contributed by atoms with Crippen LogP contribution in [0.2, 0.25) is 5.02 Å². The molecule has 80 valence electrons. The SMILES string of the molecule is [C-]#[N+]c1c(Cl)cc(Br)cc1OC(F)(F)F. The standard InChI is InChI=1S/C8H2BrClF3NO/c1-14-7-5(10)2-4(9)3-6(7)15-8(11,12)13/h2-3H. The first-order chi connectivity index (χ1) is 6.83. The van der Waals surface area contributed by atoms with Crippen LogP contribution in [-0.2, 0) is 0 Å². The maximum Gasteiger partial charge on any atom is 0.571 e. The van der Waals surface area contributed by atoms with Gasteiger partial charge in [-0.2, -0.15) is 0 Å². The molecular formula is C8H2BrClF3NO. The van der Waals surface area contributed by atoms with Crippen LogP contribution in [0, 0.1) is 6.57 Å². The van der Waals surface area contributed by atoms with Crippen LogP contribution in [0.5, 0.6) is 5.75 Å². The molecule has 0 aliphatic rings. The third-order valence-corrected chi connectivity index (χ3v) is 2.08. The molecule has 0 aromatic heterocycles. The predicted molar refractivity (Wildman–Crippen MR) is 52.1 cm³/mol. The van der Waals surface area contributed by atoms with E-state index in [4.69, 9.17) is 18.2 Å². The van der Waals surface area contributed by atoms with Crippen LogP contribution in [0.1, 0.15) is 0 Å². The molecule has 1 rings (SSSR count). The molecule has 0 atom stereocenters. The summed E-state index contributed by atoms with van der Waals surface area (Å²) in [7, 11) is 0. The van der Waals surface area contributed by atoms with Gasteiger partial charge in [0.05, 0.1) is 11.6 Å². The molecule has 0 aliphatic carbocycles. The van der Waals surface area contributed by atoms with Crippen molar-refractivity contribution >= 4 is 33.2 Å². The molecule has 1 aromatic rings. The quantitative estimate of drug-likeness (QED) is 0.694. The smallest absolute Gasteiger partial charge is 0.417 e. The Morgan fingerprint density at radius 1 is 1.40 bits per heavy atom. The topological polar surface area (TPSA) is 13.6 Å². The van der Waals surface area contributed by atoms with E-state index in [2.05, 4.69) is 25.5 Å². The lowest BCUT2D eigenvalue weighted by Gasteiger charge is -2.11. The highest BCUT2D eigenvalue weighted by atomic mass is 79.9. The van der Waals surface area contributed by atoms with E-state index in [1.165, 1.54) is 6.07 Å². The first kappa shape index (κ1) is 12.1. The molecular weight excluding hydrogens is 298 g/mol. The molecule has 0 amide bonds. The van der Waals surface area contributed by atoms with Crippen LogP contribution < -0.4 is 4.74 Å². The first-order valence-electron chi connectivity index (χ1n) is 3.46. The van der Waals surface area contributed by atoms with Gasteiger partial charge in [-0.3, -0.25) is 0 Å². The third kappa shape index (κ3) is 3.29. The minimum absolute atomic E-state index is 0.0985. The molecule has 0 heterocycles. The highest BCUT2D eigenvalue weighted by Crippen LogP contribution is 2.40. The van der Waals surface area contributed by atoms with E-state index >= 15 is 0 Å². The van der Waals surface area contributed by atoms with Gasteiger partial charge in [0.15, 0.2) is 0 Å². The minimum atomic E-state index is -4.84. The Bertz CT molecular complexity index is 427. The Labute approximate surface area is 96.5 Å². The maximum atomic E-state index is 11.9. The van der Waals surface area contributed by atoms with Crippen LogP contribution in [0.3, 0.4) is 0 Å². The van der Waals surface area contributed by atoms with Gasteiger partial charge in [0, 0.05) is 4.47 Å². The Hall–Kier alpha value is -0.930. The number of nitrogens with zero attached hydrogens (tertiary/aromatic N) is 1. The zero-order chi connectivity index (χ0) is 11.6. The van der Waals surface area contributed by atoms with Gasteiger partial charge in [0.2, 0.25) is 5.69 Å². The maximum absolute atomic E-state index is 11.9. The molecule has 0 radical (unpaired) electrons. The lowest BCUT2D eigenvalue weighted by molar-refractivity contribution is -0.274. The van der Waals surface area contributed by atoms with E-state index in [1.54, 1.807) is 0 Å². The van der Waals surface area contributed by atoms with Gasteiger partial charge in [-0.1, -0.05) is 27.5 Å². The van der Waals surface area contributed by atoms with E-state index < -0.39 is 12.1 Å². The lowest BCUT2D eigenvalue weighted by atomic mass is 10.3. The molecule has 15 heavy (non-hydrogen) atoms. The summed E-state index contributed by atoms with van der Waals surface area (Å²) in [5.74, 6) is -0.614. The number of rotatable bonds is 1. The lowest BCUT2D eigenvalue weighted by Crippen LogP contribution is -2.17. The summed E-state index contributed by atoms with van der Waals surface area (Å²) < 4.78 is 39.8. The molecule has 0 saturated carbocycles. The molecule has 0 saturated heterocycles. The fourth-order valence-electron chi connectivity index (χ4n) is 0.853. The first-order valence-corrected chi connectivity index (χ1v) is 4.63. The van der Waals surface area contributed by atoms with Crippen molar-refractivity contribution in [3.63, 3.8) is 0 Å². The van der Waals surface area contributed by atoms with Crippen LogP contribution in [-0.4, -0.2) is 6.36 Å². The number of halogens is 5. The Morgan fingerprint density at radius 2 is 2.00 bits per heavy atom. The van der Waals surface area contributed by atoms with Crippen molar-refractivity contribution in [3.8, 4) is 5.75 Å². The summed E-state index contributed by atoms with van der Waals surface area (Å²) in [6, 6.07) is 2.35. The number of alkyl halides is 3. The van der Waals surface area contributed by atoms with E-state index in [1.807, 2.05) is 0 Å². The zero-order valence-corrected chi connectivity index (χ0v) is 9.24.